The van der Waals surface area contributed by atoms with E-state index in [1.54, 1.807) is 0 Å². The van der Waals surface area contributed by atoms with Gasteiger partial charge in [0.05, 0.1) is 5.75 Å². The maximum absolute atomic E-state index is 12.4. The zero-order valence-corrected chi connectivity index (χ0v) is 18.6. The minimum absolute atomic E-state index is 0.0704. The Morgan fingerprint density at radius 3 is 2.52 bits per heavy atom. The number of amides is 1. The number of hydrogen-bond donors (Lipinski definition) is 1. The molecule has 6 nitrogen and oxygen atoms in total. The molecular formula is C24H24N4O2S. The molecule has 0 aliphatic heterocycles. The van der Waals surface area contributed by atoms with Gasteiger partial charge in [-0.25, -0.2) is 0 Å². The summed E-state index contributed by atoms with van der Waals surface area (Å²) in [5.41, 5.74) is 2.96. The number of carbonyl (C=O) groups excluding carboxylic acids is 1. The Bertz CT molecular complexity index is 1210. The number of ether oxygens (including phenoxy) is 1. The monoisotopic (exact) mass is 432 g/mol. The lowest BCUT2D eigenvalue weighted by molar-refractivity contribution is -0.113. The van der Waals surface area contributed by atoms with Crippen LogP contribution >= 0.6 is 11.8 Å². The van der Waals surface area contributed by atoms with Crippen LogP contribution in [0.5, 0.6) is 5.75 Å². The first-order valence-corrected chi connectivity index (χ1v) is 11.0. The van der Waals surface area contributed by atoms with Crippen molar-refractivity contribution in [2.45, 2.75) is 25.6 Å². The number of fused-ring (bicyclic) bond motifs is 1. The summed E-state index contributed by atoms with van der Waals surface area (Å²) in [4.78, 5) is 12.4. The van der Waals surface area contributed by atoms with Crippen LogP contribution in [0.2, 0.25) is 0 Å². The van der Waals surface area contributed by atoms with E-state index in [9.17, 15) is 4.79 Å². The number of nitrogens with one attached hydrogen (secondary N) is 1. The normalized spacial score (nSPS) is 10.9. The van der Waals surface area contributed by atoms with Crippen LogP contribution in [0.4, 0.5) is 5.69 Å². The second-order valence-electron chi connectivity index (χ2n) is 7.33. The zero-order valence-electron chi connectivity index (χ0n) is 17.8. The largest absolute Gasteiger partial charge is 0.485 e. The summed E-state index contributed by atoms with van der Waals surface area (Å²) in [6.07, 6.45) is 0. The van der Waals surface area contributed by atoms with E-state index >= 15 is 0 Å². The molecule has 0 unspecified atom stereocenters. The molecule has 4 rings (SSSR count). The van der Waals surface area contributed by atoms with Crippen LogP contribution in [-0.2, 0) is 18.4 Å². The SMILES string of the molecule is Cc1cccc(C)c1NC(=O)CSc1nnc(COc2cccc3ccccc23)n1C. The average molecular weight is 433 g/mol. The minimum atomic E-state index is -0.0704. The number of para-hydroxylation sites is 1. The van der Waals surface area contributed by atoms with E-state index in [1.165, 1.54) is 11.8 Å². The van der Waals surface area contributed by atoms with E-state index in [0.717, 1.165) is 33.3 Å². The topological polar surface area (TPSA) is 69.0 Å². The van der Waals surface area contributed by atoms with E-state index in [-0.39, 0.29) is 11.7 Å². The number of benzene rings is 3. The Morgan fingerprint density at radius 1 is 1.00 bits per heavy atom. The van der Waals surface area contributed by atoms with Gasteiger partial charge < -0.3 is 14.6 Å². The van der Waals surface area contributed by atoms with Crippen LogP contribution < -0.4 is 10.1 Å². The van der Waals surface area contributed by atoms with Crippen molar-refractivity contribution >= 4 is 34.1 Å². The Morgan fingerprint density at radius 2 is 1.71 bits per heavy atom. The van der Waals surface area contributed by atoms with Crippen molar-refractivity contribution in [3.63, 3.8) is 0 Å². The number of thioether (sulfide) groups is 1. The highest BCUT2D eigenvalue weighted by Gasteiger charge is 2.14. The van der Waals surface area contributed by atoms with E-state index in [1.807, 2.05) is 74.0 Å². The number of nitrogens with zero attached hydrogens (tertiary/aromatic N) is 3. The molecule has 0 atom stereocenters. The lowest BCUT2D eigenvalue weighted by Crippen LogP contribution is -2.16. The molecule has 0 spiro atoms. The number of aromatic nitrogens is 3. The minimum Gasteiger partial charge on any atom is -0.485 e. The summed E-state index contributed by atoms with van der Waals surface area (Å²) in [6, 6.07) is 20.0. The molecule has 0 bridgehead atoms. The number of anilines is 1. The molecule has 1 heterocycles. The highest BCUT2D eigenvalue weighted by atomic mass is 32.2. The maximum atomic E-state index is 12.4. The Labute approximate surface area is 185 Å². The van der Waals surface area contributed by atoms with Crippen molar-refractivity contribution < 1.29 is 9.53 Å². The first-order chi connectivity index (χ1) is 15.0. The number of hydrogen-bond acceptors (Lipinski definition) is 5. The molecule has 0 saturated carbocycles. The molecule has 0 radical (unpaired) electrons. The molecule has 1 aromatic heterocycles. The third-order valence-electron chi connectivity index (χ3n) is 5.11. The van der Waals surface area contributed by atoms with E-state index < -0.39 is 0 Å². The third kappa shape index (κ3) is 4.72. The quantitative estimate of drug-likeness (QED) is 0.421. The van der Waals surface area contributed by atoms with Gasteiger partial charge in [0.25, 0.3) is 0 Å². The summed E-state index contributed by atoms with van der Waals surface area (Å²) in [5, 5.41) is 14.3. The van der Waals surface area contributed by atoms with E-state index in [2.05, 4.69) is 27.6 Å². The molecule has 1 N–H and O–H groups in total. The molecule has 7 heteroatoms. The molecule has 158 valence electrons. The maximum Gasteiger partial charge on any atom is 0.234 e. The predicted octanol–water partition coefficient (Wildman–Crippen LogP) is 4.89. The van der Waals surface area contributed by atoms with Gasteiger partial charge in [0.15, 0.2) is 11.0 Å². The van der Waals surface area contributed by atoms with Gasteiger partial charge in [-0.1, -0.05) is 66.4 Å². The average Bonchev–Trinajstić information content (AvgIpc) is 3.13. The van der Waals surface area contributed by atoms with Crippen molar-refractivity contribution in [1.82, 2.24) is 14.8 Å². The first-order valence-electron chi connectivity index (χ1n) is 10.0. The van der Waals surface area contributed by atoms with Crippen molar-refractivity contribution in [3.8, 4) is 5.75 Å². The number of aryl methyl sites for hydroxylation is 2. The van der Waals surface area contributed by atoms with E-state index in [0.29, 0.717) is 17.6 Å². The Hall–Kier alpha value is -3.32. The van der Waals surface area contributed by atoms with Crippen LogP contribution in [0, 0.1) is 13.8 Å². The lowest BCUT2D eigenvalue weighted by atomic mass is 10.1. The summed E-state index contributed by atoms with van der Waals surface area (Å²) >= 11 is 1.35. The van der Waals surface area contributed by atoms with Crippen LogP contribution in [-0.4, -0.2) is 26.4 Å². The van der Waals surface area contributed by atoms with Gasteiger partial charge in [-0.15, -0.1) is 10.2 Å². The Kier molecular flexibility index (Phi) is 6.23. The van der Waals surface area contributed by atoms with Crippen molar-refractivity contribution in [2.75, 3.05) is 11.1 Å². The van der Waals surface area contributed by atoms with Gasteiger partial charge in [-0.05, 0) is 36.4 Å². The third-order valence-corrected chi connectivity index (χ3v) is 6.13. The summed E-state index contributed by atoms with van der Waals surface area (Å²) in [7, 11) is 1.88. The molecule has 0 aliphatic carbocycles. The predicted molar refractivity (Wildman–Crippen MR) is 125 cm³/mol. The van der Waals surface area contributed by atoms with Crippen LogP contribution in [0.3, 0.4) is 0 Å². The molecule has 0 aliphatic rings. The summed E-state index contributed by atoms with van der Waals surface area (Å²) < 4.78 is 7.88. The van der Waals surface area contributed by atoms with Crippen molar-refractivity contribution in [1.29, 1.82) is 0 Å². The number of carbonyl (C=O) groups is 1. The highest BCUT2D eigenvalue weighted by molar-refractivity contribution is 7.99. The van der Waals surface area contributed by atoms with Gasteiger partial charge in [0.1, 0.15) is 12.4 Å². The zero-order chi connectivity index (χ0) is 21.8. The lowest BCUT2D eigenvalue weighted by Gasteiger charge is -2.11. The molecule has 1 amide bonds. The van der Waals surface area contributed by atoms with Crippen LogP contribution in [0.25, 0.3) is 10.8 Å². The highest BCUT2D eigenvalue weighted by Crippen LogP contribution is 2.26. The molecule has 4 aromatic rings. The van der Waals surface area contributed by atoms with E-state index in [4.69, 9.17) is 4.74 Å². The molecular weight excluding hydrogens is 408 g/mol. The first kappa shape index (κ1) is 20.9. The fraction of sp³-hybridized carbons (Fsp3) is 0.208. The summed E-state index contributed by atoms with van der Waals surface area (Å²) in [5.74, 6) is 1.69. The van der Waals surface area contributed by atoms with Gasteiger partial charge in [0.2, 0.25) is 5.91 Å². The Balaban J connectivity index is 1.37. The number of rotatable bonds is 7. The fourth-order valence-electron chi connectivity index (χ4n) is 3.38. The van der Waals surface area contributed by atoms with Gasteiger partial charge in [0, 0.05) is 18.1 Å². The van der Waals surface area contributed by atoms with Gasteiger partial charge in [-0.3, -0.25) is 4.79 Å². The van der Waals surface area contributed by atoms with Crippen LogP contribution in [0.15, 0.2) is 65.8 Å². The molecule has 0 saturated heterocycles. The van der Waals surface area contributed by atoms with Gasteiger partial charge in [-0.2, -0.15) is 0 Å². The standard InChI is InChI=1S/C24H24N4O2S/c1-16-8-6-9-17(2)23(16)25-22(29)15-31-24-27-26-21(28(24)3)14-30-20-13-7-11-18-10-4-5-12-19(18)20/h4-13H,14-15H2,1-3H3,(H,25,29). The molecule has 3 aromatic carbocycles. The smallest absolute Gasteiger partial charge is 0.234 e. The molecule has 31 heavy (non-hydrogen) atoms. The van der Waals surface area contributed by atoms with Crippen LogP contribution in [0.1, 0.15) is 17.0 Å². The fourth-order valence-corrected chi connectivity index (χ4v) is 4.11. The molecule has 0 fully saturated rings. The van der Waals surface area contributed by atoms with Crippen molar-refractivity contribution in [3.05, 3.63) is 77.6 Å². The van der Waals surface area contributed by atoms with Crippen molar-refractivity contribution in [2.24, 2.45) is 7.05 Å². The summed E-state index contributed by atoms with van der Waals surface area (Å²) in [6.45, 7) is 4.27. The second kappa shape index (κ2) is 9.22. The van der Waals surface area contributed by atoms with Gasteiger partial charge >= 0.3 is 0 Å². The second-order valence-corrected chi connectivity index (χ2v) is 8.27.